The molecule has 0 bridgehead atoms. The van der Waals surface area contributed by atoms with E-state index in [0.717, 1.165) is 36.5 Å². The van der Waals surface area contributed by atoms with Crippen LogP contribution in [0.5, 0.6) is 17.2 Å². The number of ether oxygens (including phenoxy) is 3. The minimum atomic E-state index is -3.81. The number of hydrogen-bond acceptors (Lipinski definition) is 6. The largest absolute Gasteiger partial charge is 0.496 e. The highest BCUT2D eigenvalue weighted by atomic mass is 32.2. The first kappa shape index (κ1) is 31.6. The molecule has 1 fully saturated rings. The second-order valence-electron chi connectivity index (χ2n) is 11.1. The van der Waals surface area contributed by atoms with Crippen molar-refractivity contribution >= 4 is 10.0 Å². The Morgan fingerprint density at radius 1 is 0.841 bits per heavy atom. The molecule has 1 aliphatic heterocycles. The molecule has 0 saturated carbocycles. The van der Waals surface area contributed by atoms with Crippen LogP contribution in [-0.4, -0.2) is 57.0 Å². The van der Waals surface area contributed by atoms with E-state index in [4.69, 9.17) is 14.2 Å². The summed E-state index contributed by atoms with van der Waals surface area (Å²) in [5, 5.41) is 0. The third-order valence-corrected chi connectivity index (χ3v) is 10.3. The van der Waals surface area contributed by atoms with Crippen LogP contribution in [-0.2, 0) is 23.1 Å². The maximum absolute atomic E-state index is 13.9. The summed E-state index contributed by atoms with van der Waals surface area (Å²) in [6, 6.07) is 25.7. The predicted octanol–water partition coefficient (Wildman–Crippen LogP) is 7.04. The number of hydrogen-bond donors (Lipinski definition) is 1. The van der Waals surface area contributed by atoms with E-state index in [1.807, 2.05) is 25.1 Å². The normalized spacial score (nSPS) is 16.1. The zero-order chi connectivity index (χ0) is 31.1. The van der Waals surface area contributed by atoms with Gasteiger partial charge >= 0.3 is 0 Å². The average molecular weight is 618 g/mol. The lowest BCUT2D eigenvalue weighted by molar-refractivity contribution is 0.190. The molecule has 3 aromatic carbocycles. The lowest BCUT2D eigenvalue weighted by atomic mass is 10.0. The first-order chi connectivity index (χ1) is 21.4. The number of nitrogens with one attached hydrogen (secondary N) is 1. The monoisotopic (exact) mass is 617 g/mol. The van der Waals surface area contributed by atoms with Gasteiger partial charge in [0.2, 0.25) is 10.0 Å². The second-order valence-corrected chi connectivity index (χ2v) is 13.1. The summed E-state index contributed by atoms with van der Waals surface area (Å²) in [5.41, 5.74) is 4.77. The zero-order valence-electron chi connectivity index (χ0n) is 26.1. The van der Waals surface area contributed by atoms with Crippen molar-refractivity contribution in [2.24, 2.45) is 0 Å². The van der Waals surface area contributed by atoms with Crippen molar-refractivity contribution in [1.82, 2.24) is 14.2 Å². The minimum Gasteiger partial charge on any atom is -0.496 e. The fraction of sp³-hybridized carbons (Fsp3) is 0.371. The number of rotatable bonds is 12. The molecule has 8 nitrogen and oxygen atoms in total. The maximum Gasteiger partial charge on any atom is 0.243 e. The Morgan fingerprint density at radius 3 is 2.32 bits per heavy atom. The Balaban J connectivity index is 1.40. The molecule has 1 aromatic heterocycles. The van der Waals surface area contributed by atoms with Crippen LogP contribution in [0.1, 0.15) is 55.5 Å². The summed E-state index contributed by atoms with van der Waals surface area (Å²) in [4.78, 5) is 6.34. The molecule has 0 aliphatic carbocycles. The van der Waals surface area contributed by atoms with Crippen LogP contribution in [0.2, 0.25) is 0 Å². The van der Waals surface area contributed by atoms with Crippen LogP contribution in [0, 0.1) is 0 Å². The molecular weight excluding hydrogens is 574 g/mol. The summed E-state index contributed by atoms with van der Waals surface area (Å²) in [5.74, 6) is 1.76. The van der Waals surface area contributed by atoms with E-state index in [2.05, 4.69) is 46.3 Å². The van der Waals surface area contributed by atoms with E-state index in [1.165, 1.54) is 29.1 Å². The average Bonchev–Trinajstić information content (AvgIpc) is 3.40. The van der Waals surface area contributed by atoms with Gasteiger partial charge in [0.25, 0.3) is 0 Å². The van der Waals surface area contributed by atoms with E-state index in [1.54, 1.807) is 45.6 Å². The quantitative estimate of drug-likeness (QED) is 0.184. The number of nitrogens with zero attached hydrogens (tertiary/aromatic N) is 2. The zero-order valence-corrected chi connectivity index (χ0v) is 26.9. The summed E-state index contributed by atoms with van der Waals surface area (Å²) in [6.45, 7) is 4.17. The van der Waals surface area contributed by atoms with Crippen LogP contribution >= 0.6 is 0 Å². The van der Waals surface area contributed by atoms with Crippen molar-refractivity contribution in [2.75, 3.05) is 34.4 Å². The van der Waals surface area contributed by atoms with Gasteiger partial charge in [0.15, 0.2) is 11.5 Å². The van der Waals surface area contributed by atoms with Gasteiger partial charge in [-0.1, -0.05) is 56.2 Å². The van der Waals surface area contributed by atoms with E-state index in [9.17, 15) is 8.42 Å². The molecule has 1 aliphatic rings. The lowest BCUT2D eigenvalue weighted by Gasteiger charge is -2.30. The summed E-state index contributed by atoms with van der Waals surface area (Å²) in [6.07, 6.45) is 4.80. The number of likely N-dealkylation sites (tertiary alicyclic amines) is 1. The van der Waals surface area contributed by atoms with Crippen molar-refractivity contribution < 1.29 is 22.6 Å². The maximum atomic E-state index is 13.9. The molecule has 0 amide bonds. The van der Waals surface area contributed by atoms with E-state index >= 15 is 0 Å². The van der Waals surface area contributed by atoms with Crippen LogP contribution in [0.25, 0.3) is 11.3 Å². The van der Waals surface area contributed by atoms with Crippen molar-refractivity contribution in [3.05, 3.63) is 95.7 Å². The van der Waals surface area contributed by atoms with Crippen LogP contribution < -0.4 is 14.2 Å². The summed E-state index contributed by atoms with van der Waals surface area (Å²) >= 11 is 0. The smallest absolute Gasteiger partial charge is 0.243 e. The highest BCUT2D eigenvalue weighted by Crippen LogP contribution is 2.35. The molecule has 1 saturated heterocycles. The molecule has 1 N–H and O–H groups in total. The number of methoxy groups -OCH3 is 3. The van der Waals surface area contributed by atoms with Gasteiger partial charge in [-0.15, -0.1) is 0 Å². The molecule has 44 heavy (non-hydrogen) atoms. The predicted molar refractivity (Wildman–Crippen MR) is 174 cm³/mol. The Hall–Kier alpha value is -3.79. The van der Waals surface area contributed by atoms with E-state index in [-0.39, 0.29) is 11.4 Å². The van der Waals surface area contributed by atoms with Gasteiger partial charge in [-0.3, -0.25) is 4.90 Å². The molecule has 2 heterocycles. The fourth-order valence-corrected chi connectivity index (χ4v) is 7.54. The van der Waals surface area contributed by atoms with Crippen molar-refractivity contribution in [2.45, 2.75) is 56.6 Å². The van der Waals surface area contributed by atoms with Gasteiger partial charge < -0.3 is 19.2 Å². The molecular formula is C35H43N3O5S. The topological polar surface area (TPSA) is 84.1 Å². The molecule has 9 heteroatoms. The molecule has 0 spiro atoms. The van der Waals surface area contributed by atoms with Crippen LogP contribution in [0.3, 0.4) is 0 Å². The van der Waals surface area contributed by atoms with Gasteiger partial charge in [0.05, 0.1) is 26.2 Å². The Labute approximate surface area is 261 Å². The Bertz CT molecular complexity index is 1640. The van der Waals surface area contributed by atoms with Gasteiger partial charge in [-0.2, -0.15) is 4.31 Å². The number of H-pyrrole nitrogens is 1. The number of sulfonamides is 1. The summed E-state index contributed by atoms with van der Waals surface area (Å²) < 4.78 is 45.7. The molecule has 0 unspecified atom stereocenters. The lowest BCUT2D eigenvalue weighted by Crippen LogP contribution is -2.30. The molecule has 0 radical (unpaired) electrons. The number of aromatic nitrogens is 1. The molecule has 1 atom stereocenters. The van der Waals surface area contributed by atoms with Crippen molar-refractivity contribution in [1.29, 1.82) is 0 Å². The fourth-order valence-electron chi connectivity index (χ4n) is 6.07. The number of aromatic amines is 1. The molecule has 234 valence electrons. The van der Waals surface area contributed by atoms with E-state index in [0.29, 0.717) is 35.4 Å². The highest BCUT2D eigenvalue weighted by molar-refractivity contribution is 7.89. The van der Waals surface area contributed by atoms with Gasteiger partial charge in [0.1, 0.15) is 5.75 Å². The van der Waals surface area contributed by atoms with Gasteiger partial charge in [-0.25, -0.2) is 8.42 Å². The van der Waals surface area contributed by atoms with Crippen LogP contribution in [0.15, 0.2) is 83.8 Å². The Morgan fingerprint density at radius 2 is 1.59 bits per heavy atom. The van der Waals surface area contributed by atoms with Crippen molar-refractivity contribution in [3.8, 4) is 28.5 Å². The van der Waals surface area contributed by atoms with Gasteiger partial charge in [-0.05, 0) is 73.0 Å². The molecule has 5 rings (SSSR count). The third-order valence-electron chi connectivity index (χ3n) is 8.43. The molecule has 4 aromatic rings. The first-order valence-corrected chi connectivity index (χ1v) is 16.7. The Kier molecular flexibility index (Phi) is 10.3. The first-order valence-electron chi connectivity index (χ1n) is 15.2. The third kappa shape index (κ3) is 6.96. The highest BCUT2D eigenvalue weighted by Gasteiger charge is 2.26. The minimum absolute atomic E-state index is 0.200. The van der Waals surface area contributed by atoms with Crippen LogP contribution in [0.4, 0.5) is 0 Å². The van der Waals surface area contributed by atoms with E-state index < -0.39 is 10.0 Å². The SMILES string of the molecule is CCN(Cc1ccc(OC)c(OC)c1)S(=O)(=O)c1ccc(OC)c(-c2ccc(CN3CCCCC[C@@H]3c3ccccc3)[nH]2)c1. The van der Waals surface area contributed by atoms with Crippen molar-refractivity contribution in [3.63, 3.8) is 0 Å². The second kappa shape index (κ2) is 14.3. The van der Waals surface area contributed by atoms with Gasteiger partial charge in [0, 0.05) is 42.6 Å². The standard InChI is InChI=1S/C35H43N3O5S/c1-5-38(24-26-15-19-34(42-3)35(22-26)43-4)44(39,40)29-17-20-33(41-2)30(23-29)31-18-16-28(36-31)25-37-21-11-7-10-14-32(37)27-12-8-6-9-13-27/h6,8-9,12-13,15-20,22-23,32,36H,5,7,10-11,14,21,24-25H2,1-4H3/t32-/m1/s1. The number of benzene rings is 3. The summed E-state index contributed by atoms with van der Waals surface area (Å²) in [7, 11) is 0.931.